The summed E-state index contributed by atoms with van der Waals surface area (Å²) < 4.78 is 14.3. The van der Waals surface area contributed by atoms with Gasteiger partial charge in [0.25, 0.3) is 0 Å². The van der Waals surface area contributed by atoms with E-state index in [0.29, 0.717) is 17.4 Å². The topological polar surface area (TPSA) is 36.8 Å². The maximum atomic E-state index is 14.3. The van der Waals surface area contributed by atoms with Crippen LogP contribution in [0, 0.1) is 11.7 Å². The van der Waals surface area contributed by atoms with Gasteiger partial charge in [0.15, 0.2) is 0 Å². The standard InChI is InChI=1S/C24H33ClFN3/c1-3-19(2)14-22-9-8-21(15-24(22)26)7-5-4-6-20-10-12-27-16-23(25)17-29-18-28-13-11-20/h8-9,15-18,20H,2-7,10-14H2,1H3,(H,28,29)/b23-17+,27-16-. The van der Waals surface area contributed by atoms with Gasteiger partial charge in [0.1, 0.15) is 5.82 Å². The van der Waals surface area contributed by atoms with Gasteiger partial charge in [0, 0.05) is 25.5 Å². The highest BCUT2D eigenvalue weighted by Crippen LogP contribution is 2.20. The van der Waals surface area contributed by atoms with Crippen LogP contribution in [0.2, 0.25) is 0 Å². The molecule has 1 atom stereocenters. The number of halogens is 2. The quantitative estimate of drug-likeness (QED) is 0.395. The van der Waals surface area contributed by atoms with Crippen LogP contribution in [-0.4, -0.2) is 25.6 Å². The van der Waals surface area contributed by atoms with Gasteiger partial charge in [-0.25, -0.2) is 9.38 Å². The minimum Gasteiger partial charge on any atom is -0.376 e. The first kappa shape index (κ1) is 23.3. The number of allylic oxidation sites excluding steroid dienone is 2. The third kappa shape index (κ3) is 9.40. The molecule has 0 aliphatic carbocycles. The molecule has 1 N–H and O–H groups in total. The lowest BCUT2D eigenvalue weighted by molar-refractivity contribution is 0.408. The van der Waals surface area contributed by atoms with Gasteiger partial charge in [-0.2, -0.15) is 0 Å². The van der Waals surface area contributed by atoms with Gasteiger partial charge in [0.05, 0.1) is 11.4 Å². The van der Waals surface area contributed by atoms with Crippen molar-refractivity contribution in [3.05, 3.63) is 58.5 Å². The average Bonchev–Trinajstić information content (AvgIpc) is 2.70. The zero-order chi connectivity index (χ0) is 20.9. The van der Waals surface area contributed by atoms with Crippen LogP contribution in [0.25, 0.3) is 0 Å². The molecule has 0 saturated heterocycles. The largest absolute Gasteiger partial charge is 0.376 e. The summed E-state index contributed by atoms with van der Waals surface area (Å²) in [4.78, 5) is 8.49. The second kappa shape index (κ2) is 13.3. The molecule has 0 aromatic heterocycles. The Morgan fingerprint density at radius 1 is 1.31 bits per heavy atom. The number of unbranched alkanes of at least 4 members (excludes halogenated alkanes) is 1. The minimum absolute atomic E-state index is 0.102. The van der Waals surface area contributed by atoms with Crippen molar-refractivity contribution in [1.29, 1.82) is 0 Å². The van der Waals surface area contributed by atoms with Crippen LogP contribution < -0.4 is 5.32 Å². The highest BCUT2D eigenvalue weighted by Gasteiger charge is 2.09. The number of nitrogens with zero attached hydrogens (tertiary/aromatic N) is 2. The van der Waals surface area contributed by atoms with Crippen LogP contribution in [0.5, 0.6) is 0 Å². The fraction of sp³-hybridized carbons (Fsp3) is 0.500. The maximum Gasteiger partial charge on any atom is 0.126 e. The van der Waals surface area contributed by atoms with Gasteiger partial charge in [-0.15, -0.1) is 0 Å². The zero-order valence-electron chi connectivity index (χ0n) is 17.5. The Labute approximate surface area is 179 Å². The van der Waals surface area contributed by atoms with Crippen LogP contribution in [0.1, 0.15) is 56.6 Å². The average molecular weight is 418 g/mol. The first-order valence-electron chi connectivity index (χ1n) is 10.6. The molecule has 1 aliphatic rings. The van der Waals surface area contributed by atoms with E-state index in [4.69, 9.17) is 11.6 Å². The van der Waals surface area contributed by atoms with E-state index in [0.717, 1.165) is 74.7 Å². The Morgan fingerprint density at radius 3 is 2.97 bits per heavy atom. The van der Waals surface area contributed by atoms with Gasteiger partial charge in [-0.05, 0) is 61.6 Å². The van der Waals surface area contributed by atoms with Crippen LogP contribution >= 0.6 is 11.6 Å². The molecule has 1 heterocycles. The van der Waals surface area contributed by atoms with E-state index in [-0.39, 0.29) is 5.82 Å². The molecule has 0 spiro atoms. The highest BCUT2D eigenvalue weighted by molar-refractivity contribution is 6.39. The molecule has 0 radical (unpaired) electrons. The van der Waals surface area contributed by atoms with E-state index in [1.54, 1.807) is 24.8 Å². The summed E-state index contributed by atoms with van der Waals surface area (Å²) in [5.74, 6) is 0.518. The molecule has 1 unspecified atom stereocenters. The lowest BCUT2D eigenvalue weighted by atomic mass is 9.93. The van der Waals surface area contributed by atoms with Gasteiger partial charge in [-0.3, -0.25) is 4.99 Å². The first-order chi connectivity index (χ1) is 14.1. The number of benzene rings is 1. The van der Waals surface area contributed by atoms with E-state index in [2.05, 4.69) is 34.9 Å². The summed E-state index contributed by atoms with van der Waals surface area (Å²) in [5, 5.41) is 3.75. The third-order valence-electron chi connectivity index (χ3n) is 5.33. The second-order valence-corrected chi connectivity index (χ2v) is 8.11. The molecular formula is C24H33ClFN3. The van der Waals surface area contributed by atoms with E-state index in [1.807, 2.05) is 6.07 Å². The smallest absolute Gasteiger partial charge is 0.126 e. The summed E-state index contributed by atoms with van der Waals surface area (Å²) >= 11 is 6.00. The Kier molecular flexibility index (Phi) is 10.7. The van der Waals surface area contributed by atoms with Crippen molar-refractivity contribution < 1.29 is 4.39 Å². The first-order valence-corrected chi connectivity index (χ1v) is 11.0. The number of aliphatic imine (C=N–C) groups is 2. The summed E-state index contributed by atoms with van der Waals surface area (Å²) in [6.45, 7) is 7.72. The molecule has 0 bridgehead atoms. The van der Waals surface area contributed by atoms with Gasteiger partial charge in [-0.1, -0.05) is 55.7 Å². The summed E-state index contributed by atoms with van der Waals surface area (Å²) in [7, 11) is 0. The van der Waals surface area contributed by atoms with Crippen molar-refractivity contribution in [2.24, 2.45) is 15.9 Å². The van der Waals surface area contributed by atoms with E-state index in [9.17, 15) is 4.39 Å². The molecule has 1 aromatic carbocycles. The van der Waals surface area contributed by atoms with Crippen molar-refractivity contribution in [1.82, 2.24) is 5.32 Å². The number of nitrogens with one attached hydrogen (secondary N) is 1. The van der Waals surface area contributed by atoms with Gasteiger partial charge in [0.2, 0.25) is 0 Å². The normalized spacial score (nSPS) is 21.8. The van der Waals surface area contributed by atoms with Crippen molar-refractivity contribution in [2.45, 2.75) is 58.3 Å². The Morgan fingerprint density at radius 2 is 2.17 bits per heavy atom. The van der Waals surface area contributed by atoms with E-state index < -0.39 is 0 Å². The number of hydrogen-bond donors (Lipinski definition) is 1. The summed E-state index contributed by atoms with van der Waals surface area (Å²) in [5.41, 5.74) is 2.90. The molecule has 2 rings (SSSR count). The zero-order valence-corrected chi connectivity index (χ0v) is 18.2. The predicted octanol–water partition coefficient (Wildman–Crippen LogP) is 6.23. The Bertz CT molecular complexity index is 740. The summed E-state index contributed by atoms with van der Waals surface area (Å²) in [6, 6.07) is 5.68. The monoisotopic (exact) mass is 417 g/mol. The molecule has 0 fully saturated rings. The predicted molar refractivity (Wildman–Crippen MR) is 124 cm³/mol. The Hall–Kier alpha value is -1.94. The van der Waals surface area contributed by atoms with Gasteiger partial charge < -0.3 is 5.32 Å². The molecule has 0 amide bonds. The fourth-order valence-corrected chi connectivity index (χ4v) is 3.56. The van der Waals surface area contributed by atoms with Gasteiger partial charge >= 0.3 is 0 Å². The molecule has 1 aliphatic heterocycles. The van der Waals surface area contributed by atoms with E-state index >= 15 is 0 Å². The highest BCUT2D eigenvalue weighted by atomic mass is 35.5. The molecule has 0 saturated carbocycles. The molecule has 158 valence electrons. The van der Waals surface area contributed by atoms with E-state index in [1.165, 1.54) is 0 Å². The lowest BCUT2D eigenvalue weighted by Gasteiger charge is -2.16. The van der Waals surface area contributed by atoms with Crippen molar-refractivity contribution in [3.8, 4) is 0 Å². The summed E-state index contributed by atoms with van der Waals surface area (Å²) in [6.07, 6.45) is 12.9. The molecule has 5 heteroatoms. The Balaban J connectivity index is 1.77. The van der Waals surface area contributed by atoms with Crippen molar-refractivity contribution >= 4 is 24.2 Å². The SMILES string of the molecule is C=C(CC)Cc1ccc(CCCCC2CC\N=C/C(Cl)=C\N=C\NCC2)cc1F. The van der Waals surface area contributed by atoms with Crippen LogP contribution in [-0.2, 0) is 12.8 Å². The number of aryl methyl sites for hydroxylation is 1. The van der Waals surface area contributed by atoms with Crippen molar-refractivity contribution in [2.75, 3.05) is 13.1 Å². The fourth-order valence-electron chi connectivity index (χ4n) is 3.43. The third-order valence-corrected chi connectivity index (χ3v) is 5.52. The maximum absolute atomic E-state index is 14.3. The number of hydrogen-bond acceptors (Lipinski definition) is 3. The lowest BCUT2D eigenvalue weighted by Crippen LogP contribution is -2.17. The number of rotatable bonds is 8. The molecule has 1 aromatic rings. The van der Waals surface area contributed by atoms with Crippen molar-refractivity contribution in [3.63, 3.8) is 0 Å². The second-order valence-electron chi connectivity index (χ2n) is 7.68. The molecular weight excluding hydrogens is 385 g/mol. The van der Waals surface area contributed by atoms with Crippen LogP contribution in [0.3, 0.4) is 0 Å². The van der Waals surface area contributed by atoms with Crippen LogP contribution in [0.4, 0.5) is 4.39 Å². The minimum atomic E-state index is -0.102. The van der Waals surface area contributed by atoms with Crippen LogP contribution in [0.15, 0.2) is 51.6 Å². The molecule has 3 nitrogen and oxygen atoms in total. The molecule has 29 heavy (non-hydrogen) atoms.